The first-order chi connectivity index (χ1) is 12.8. The Labute approximate surface area is 159 Å². The Morgan fingerprint density at radius 2 is 1.78 bits per heavy atom. The highest BCUT2D eigenvalue weighted by Gasteiger charge is 2.40. The largest absolute Gasteiger partial charge is 0.480 e. The molecular weight excluding hydrogens is 346 g/mol. The minimum Gasteiger partial charge on any atom is -0.480 e. The van der Waals surface area contributed by atoms with Crippen LogP contribution in [-0.2, 0) is 14.4 Å². The Balaban J connectivity index is 1.66. The van der Waals surface area contributed by atoms with Gasteiger partial charge >= 0.3 is 5.97 Å². The van der Waals surface area contributed by atoms with Crippen LogP contribution in [0.4, 0.5) is 11.4 Å². The zero-order chi connectivity index (χ0) is 19.6. The van der Waals surface area contributed by atoms with Crippen molar-refractivity contribution in [3.05, 3.63) is 24.3 Å². The molecule has 146 valence electrons. The highest BCUT2D eigenvalue weighted by Crippen LogP contribution is 2.29. The number of aliphatic carboxylic acids is 1. The molecule has 1 aromatic rings. The molecule has 2 saturated heterocycles. The number of hydrogen-bond acceptors (Lipinski definition) is 4. The third-order valence-corrected chi connectivity index (χ3v) is 5.71. The van der Waals surface area contributed by atoms with Gasteiger partial charge in [-0.25, -0.2) is 4.79 Å². The fourth-order valence-electron chi connectivity index (χ4n) is 3.62. The SMILES string of the molecule is CCC(C)(NC(=O)C1CC(=O)N(c2ccc(N3CCCC3)cc2)C1)C(=O)O. The third-order valence-electron chi connectivity index (χ3n) is 5.71. The monoisotopic (exact) mass is 373 g/mol. The number of hydrogen-bond donors (Lipinski definition) is 2. The molecule has 2 N–H and O–H groups in total. The van der Waals surface area contributed by atoms with E-state index in [4.69, 9.17) is 0 Å². The Kier molecular flexibility index (Phi) is 5.39. The van der Waals surface area contributed by atoms with Crippen LogP contribution in [0, 0.1) is 5.92 Å². The van der Waals surface area contributed by atoms with E-state index in [1.807, 2.05) is 24.3 Å². The lowest BCUT2D eigenvalue weighted by Crippen LogP contribution is -2.53. The maximum atomic E-state index is 12.5. The van der Waals surface area contributed by atoms with Crippen molar-refractivity contribution in [2.75, 3.05) is 29.4 Å². The number of benzene rings is 1. The molecule has 0 aliphatic carbocycles. The summed E-state index contributed by atoms with van der Waals surface area (Å²) in [5, 5.41) is 11.9. The minimum atomic E-state index is -1.31. The smallest absolute Gasteiger partial charge is 0.329 e. The Morgan fingerprint density at radius 1 is 1.19 bits per heavy atom. The fourth-order valence-corrected chi connectivity index (χ4v) is 3.62. The maximum absolute atomic E-state index is 12.5. The van der Waals surface area contributed by atoms with Crippen molar-refractivity contribution in [2.45, 2.75) is 45.1 Å². The van der Waals surface area contributed by atoms with Crippen LogP contribution in [-0.4, -0.2) is 48.1 Å². The summed E-state index contributed by atoms with van der Waals surface area (Å²) in [7, 11) is 0. The molecule has 2 aliphatic rings. The van der Waals surface area contributed by atoms with Gasteiger partial charge in [0.25, 0.3) is 0 Å². The summed E-state index contributed by atoms with van der Waals surface area (Å²) in [4.78, 5) is 40.3. The fraction of sp³-hybridized carbons (Fsp3) is 0.550. The second kappa shape index (κ2) is 7.58. The van der Waals surface area contributed by atoms with Gasteiger partial charge < -0.3 is 20.2 Å². The predicted octanol–water partition coefficient (Wildman–Crippen LogP) is 2.01. The van der Waals surface area contributed by atoms with Gasteiger partial charge in [0.1, 0.15) is 5.54 Å². The molecule has 7 heteroatoms. The second-order valence-corrected chi connectivity index (χ2v) is 7.60. The molecule has 2 atom stereocenters. The number of carboxylic acid groups (broad SMARTS) is 1. The number of nitrogens with zero attached hydrogens (tertiary/aromatic N) is 2. The molecule has 0 spiro atoms. The summed E-state index contributed by atoms with van der Waals surface area (Å²) in [5.41, 5.74) is 0.609. The van der Waals surface area contributed by atoms with E-state index in [-0.39, 0.29) is 31.2 Å². The van der Waals surface area contributed by atoms with E-state index in [2.05, 4.69) is 10.2 Å². The Bertz CT molecular complexity index is 727. The number of carboxylic acids is 1. The van der Waals surface area contributed by atoms with Crippen LogP contribution in [0.1, 0.15) is 39.5 Å². The first-order valence-corrected chi connectivity index (χ1v) is 9.55. The van der Waals surface area contributed by atoms with Gasteiger partial charge in [0.2, 0.25) is 11.8 Å². The highest BCUT2D eigenvalue weighted by atomic mass is 16.4. The number of anilines is 2. The molecule has 2 amide bonds. The summed E-state index contributed by atoms with van der Waals surface area (Å²) >= 11 is 0. The topological polar surface area (TPSA) is 90.0 Å². The van der Waals surface area contributed by atoms with Crippen LogP contribution in [0.25, 0.3) is 0 Å². The van der Waals surface area contributed by atoms with Gasteiger partial charge in [-0.05, 0) is 50.5 Å². The van der Waals surface area contributed by atoms with E-state index < -0.39 is 17.4 Å². The average Bonchev–Trinajstić information content (AvgIpc) is 3.31. The van der Waals surface area contributed by atoms with Gasteiger partial charge in [-0.3, -0.25) is 9.59 Å². The van der Waals surface area contributed by atoms with Crippen LogP contribution in [0.5, 0.6) is 0 Å². The van der Waals surface area contributed by atoms with Gasteiger partial charge in [0.05, 0.1) is 5.92 Å². The molecule has 2 fully saturated rings. The van der Waals surface area contributed by atoms with Crippen LogP contribution < -0.4 is 15.1 Å². The van der Waals surface area contributed by atoms with E-state index >= 15 is 0 Å². The first kappa shape index (κ1) is 19.2. The summed E-state index contributed by atoms with van der Waals surface area (Å²) in [5.74, 6) is -2.11. The van der Waals surface area contributed by atoms with E-state index in [1.165, 1.54) is 19.8 Å². The van der Waals surface area contributed by atoms with Gasteiger partial charge in [0.15, 0.2) is 0 Å². The van der Waals surface area contributed by atoms with Crippen molar-refractivity contribution in [1.29, 1.82) is 0 Å². The quantitative estimate of drug-likeness (QED) is 0.796. The number of amides is 2. The zero-order valence-electron chi connectivity index (χ0n) is 15.9. The summed E-state index contributed by atoms with van der Waals surface area (Å²) in [6.07, 6.45) is 2.78. The molecule has 0 bridgehead atoms. The molecule has 0 saturated carbocycles. The van der Waals surface area contributed by atoms with Crippen molar-refractivity contribution < 1.29 is 19.5 Å². The lowest BCUT2D eigenvalue weighted by Gasteiger charge is -2.26. The molecule has 0 aromatic heterocycles. The van der Waals surface area contributed by atoms with E-state index in [1.54, 1.807) is 11.8 Å². The van der Waals surface area contributed by atoms with E-state index in [9.17, 15) is 19.5 Å². The molecule has 27 heavy (non-hydrogen) atoms. The Hall–Kier alpha value is -2.57. The zero-order valence-corrected chi connectivity index (χ0v) is 15.9. The van der Waals surface area contributed by atoms with Crippen molar-refractivity contribution in [2.24, 2.45) is 5.92 Å². The third kappa shape index (κ3) is 3.91. The molecule has 3 rings (SSSR count). The summed E-state index contributed by atoms with van der Waals surface area (Å²) in [6, 6.07) is 7.86. The van der Waals surface area contributed by atoms with Crippen LogP contribution in [0.15, 0.2) is 24.3 Å². The van der Waals surface area contributed by atoms with Crippen molar-refractivity contribution in [3.8, 4) is 0 Å². The van der Waals surface area contributed by atoms with Crippen molar-refractivity contribution in [1.82, 2.24) is 5.32 Å². The summed E-state index contributed by atoms with van der Waals surface area (Å²) < 4.78 is 0. The van der Waals surface area contributed by atoms with E-state index in [0.29, 0.717) is 0 Å². The van der Waals surface area contributed by atoms with Crippen LogP contribution in [0.3, 0.4) is 0 Å². The van der Waals surface area contributed by atoms with Crippen LogP contribution >= 0.6 is 0 Å². The highest BCUT2D eigenvalue weighted by molar-refractivity contribution is 6.01. The van der Waals surface area contributed by atoms with Gasteiger partial charge in [-0.1, -0.05) is 6.92 Å². The first-order valence-electron chi connectivity index (χ1n) is 9.55. The maximum Gasteiger partial charge on any atom is 0.329 e. The number of rotatable bonds is 6. The van der Waals surface area contributed by atoms with Crippen molar-refractivity contribution in [3.63, 3.8) is 0 Å². The molecular formula is C20H27N3O4. The van der Waals surface area contributed by atoms with E-state index in [0.717, 1.165) is 24.5 Å². The van der Waals surface area contributed by atoms with Gasteiger partial charge in [0, 0.05) is 37.4 Å². The van der Waals surface area contributed by atoms with Gasteiger partial charge in [-0.15, -0.1) is 0 Å². The molecule has 0 radical (unpaired) electrons. The predicted molar refractivity (Wildman–Crippen MR) is 103 cm³/mol. The van der Waals surface area contributed by atoms with Crippen LogP contribution in [0.2, 0.25) is 0 Å². The Morgan fingerprint density at radius 3 is 2.33 bits per heavy atom. The normalized spacial score (nSPS) is 22.0. The molecule has 2 aliphatic heterocycles. The molecule has 1 aromatic carbocycles. The number of carbonyl (C=O) groups is 3. The second-order valence-electron chi connectivity index (χ2n) is 7.60. The van der Waals surface area contributed by atoms with Gasteiger partial charge in [-0.2, -0.15) is 0 Å². The molecule has 2 unspecified atom stereocenters. The lowest BCUT2D eigenvalue weighted by atomic mass is 9.97. The summed E-state index contributed by atoms with van der Waals surface area (Å²) in [6.45, 7) is 5.59. The molecule has 7 nitrogen and oxygen atoms in total. The van der Waals surface area contributed by atoms with Crippen molar-refractivity contribution >= 4 is 29.2 Å². The lowest BCUT2D eigenvalue weighted by molar-refractivity contribution is -0.147. The molecule has 2 heterocycles. The number of nitrogens with one attached hydrogen (secondary N) is 1. The minimum absolute atomic E-state index is 0.0964. The average molecular weight is 373 g/mol. The standard InChI is InChI=1S/C20H27N3O4/c1-3-20(2,19(26)27)21-18(25)14-12-17(24)23(13-14)16-8-6-15(7-9-16)22-10-4-5-11-22/h6-9,14H,3-5,10-13H2,1-2H3,(H,21,25)(H,26,27). The number of carbonyl (C=O) groups excluding carboxylic acids is 2.